The molecule has 2 aliphatic rings. The van der Waals surface area contributed by atoms with Gasteiger partial charge in [0.05, 0.1) is 0 Å². The van der Waals surface area contributed by atoms with Crippen molar-refractivity contribution >= 4 is 28.7 Å². The lowest BCUT2D eigenvalue weighted by Gasteiger charge is -2.44. The van der Waals surface area contributed by atoms with E-state index in [9.17, 15) is 9.59 Å². The van der Waals surface area contributed by atoms with Crippen LogP contribution in [0.2, 0.25) is 0 Å². The van der Waals surface area contributed by atoms with Gasteiger partial charge in [0.1, 0.15) is 11.2 Å². The number of carbonyl (C=O) groups is 2. The Kier molecular flexibility index (Phi) is 8.24. The van der Waals surface area contributed by atoms with Crippen molar-refractivity contribution in [2.45, 2.75) is 52.7 Å². The maximum atomic E-state index is 12.5. The van der Waals surface area contributed by atoms with Crippen molar-refractivity contribution < 1.29 is 19.5 Å². The number of rotatable bonds is 6. The Morgan fingerprint density at radius 1 is 1.00 bits per heavy atom. The Balaban J connectivity index is 1.17. The van der Waals surface area contributed by atoms with E-state index in [1.165, 1.54) is 5.69 Å². The van der Waals surface area contributed by atoms with Crippen molar-refractivity contribution in [1.29, 1.82) is 0 Å². The smallest absolute Gasteiger partial charge is 0.410 e. The molecule has 10 heteroatoms. The van der Waals surface area contributed by atoms with Crippen LogP contribution >= 0.6 is 0 Å². The van der Waals surface area contributed by atoms with Gasteiger partial charge in [0, 0.05) is 81.4 Å². The average Bonchev–Trinajstić information content (AvgIpc) is 3.35. The third kappa shape index (κ3) is 6.82. The van der Waals surface area contributed by atoms with Crippen LogP contribution in [0.25, 0.3) is 11.0 Å². The van der Waals surface area contributed by atoms with Gasteiger partial charge >= 0.3 is 6.09 Å². The SMILES string of the molecule is CC1(CN2CCN(c3ccnc4c3ccn4Cc3ccc(C(=O)NO)cc3)CC2)CCN(C(=O)OC(C)(C)C)CC1. The third-order valence-corrected chi connectivity index (χ3v) is 8.25. The van der Waals surface area contributed by atoms with Gasteiger partial charge in [0.25, 0.3) is 5.91 Å². The molecular weight excluding hydrogens is 520 g/mol. The summed E-state index contributed by atoms with van der Waals surface area (Å²) in [6, 6.07) is 11.4. The Hall–Kier alpha value is -3.63. The van der Waals surface area contributed by atoms with Crippen LogP contribution in [0.3, 0.4) is 0 Å². The molecule has 5 rings (SSSR count). The third-order valence-electron chi connectivity index (χ3n) is 8.25. The zero-order valence-electron chi connectivity index (χ0n) is 24.6. The topological polar surface area (TPSA) is 103 Å². The van der Waals surface area contributed by atoms with Crippen LogP contribution in [-0.2, 0) is 11.3 Å². The fraction of sp³-hybridized carbons (Fsp3) is 0.516. The lowest BCUT2D eigenvalue weighted by atomic mass is 9.80. The molecule has 41 heavy (non-hydrogen) atoms. The van der Waals surface area contributed by atoms with Crippen LogP contribution in [0.4, 0.5) is 10.5 Å². The number of piperidine rings is 1. The monoisotopic (exact) mass is 562 g/mol. The minimum atomic E-state index is -0.521. The van der Waals surface area contributed by atoms with Crippen LogP contribution in [0.15, 0.2) is 48.8 Å². The molecule has 2 aromatic heterocycles. The summed E-state index contributed by atoms with van der Waals surface area (Å²) < 4.78 is 7.70. The number of nitrogens with one attached hydrogen (secondary N) is 1. The van der Waals surface area contributed by atoms with Gasteiger partial charge in [-0.2, -0.15) is 0 Å². The van der Waals surface area contributed by atoms with E-state index < -0.39 is 11.5 Å². The first-order valence-electron chi connectivity index (χ1n) is 14.5. The van der Waals surface area contributed by atoms with Gasteiger partial charge in [0.15, 0.2) is 0 Å². The highest BCUT2D eigenvalue weighted by atomic mass is 16.6. The molecule has 2 amide bonds. The Labute approximate surface area is 241 Å². The lowest BCUT2D eigenvalue weighted by molar-refractivity contribution is 0.00722. The van der Waals surface area contributed by atoms with E-state index in [0.717, 1.165) is 75.3 Å². The van der Waals surface area contributed by atoms with Gasteiger partial charge in [-0.25, -0.2) is 15.3 Å². The number of benzene rings is 1. The number of anilines is 1. The number of nitrogens with zero attached hydrogens (tertiary/aromatic N) is 5. The van der Waals surface area contributed by atoms with Gasteiger partial charge in [0.2, 0.25) is 0 Å². The lowest BCUT2D eigenvalue weighted by Crippen LogP contribution is -2.52. The highest BCUT2D eigenvalue weighted by Crippen LogP contribution is 2.34. The second-order valence-electron chi connectivity index (χ2n) is 12.7. The molecular formula is C31H42N6O4. The van der Waals surface area contributed by atoms with Crippen LogP contribution in [-0.4, -0.2) is 88.0 Å². The van der Waals surface area contributed by atoms with E-state index in [2.05, 4.69) is 44.6 Å². The van der Waals surface area contributed by atoms with Gasteiger partial charge in [-0.3, -0.25) is 14.9 Å². The molecule has 1 aromatic carbocycles. The standard InChI is InChI=1S/C31H42N6O4/c1-30(2,3)41-29(39)36-15-11-31(4,12-16-36)22-34-17-19-35(20-18-34)26-9-13-32-27-25(26)10-14-37(27)21-23-5-7-24(8-6-23)28(38)33-40/h5-10,13-14,40H,11-12,15-22H2,1-4H3,(H,33,38). The molecule has 2 N–H and O–H groups in total. The molecule has 2 saturated heterocycles. The number of ether oxygens (including phenoxy) is 1. The van der Waals surface area contributed by atoms with Crippen molar-refractivity contribution in [3.05, 3.63) is 59.9 Å². The molecule has 2 aliphatic heterocycles. The Morgan fingerprint density at radius 2 is 1.68 bits per heavy atom. The summed E-state index contributed by atoms with van der Waals surface area (Å²) in [5.74, 6) is -0.521. The summed E-state index contributed by atoms with van der Waals surface area (Å²) in [5, 5.41) is 9.97. The first-order valence-corrected chi connectivity index (χ1v) is 14.5. The second kappa shape index (κ2) is 11.7. The van der Waals surface area contributed by atoms with Gasteiger partial charge in [-0.1, -0.05) is 19.1 Å². The molecule has 0 atom stereocenters. The molecule has 0 aliphatic carbocycles. The predicted octanol–water partition coefficient (Wildman–Crippen LogP) is 4.36. The number of hydroxylamine groups is 1. The quantitative estimate of drug-likeness (QED) is 0.340. The number of hydrogen-bond donors (Lipinski definition) is 2. The number of amides is 2. The number of hydrogen-bond acceptors (Lipinski definition) is 7. The molecule has 0 radical (unpaired) electrons. The van der Waals surface area contributed by atoms with Crippen molar-refractivity contribution in [3.8, 4) is 0 Å². The summed E-state index contributed by atoms with van der Waals surface area (Å²) in [4.78, 5) is 35.7. The number of fused-ring (bicyclic) bond motifs is 1. The number of pyridine rings is 1. The van der Waals surface area contributed by atoms with E-state index in [4.69, 9.17) is 9.94 Å². The van der Waals surface area contributed by atoms with Crippen LogP contribution in [0.5, 0.6) is 0 Å². The summed E-state index contributed by atoms with van der Waals surface area (Å²) in [6.07, 6.45) is 5.73. The fourth-order valence-corrected chi connectivity index (χ4v) is 5.90. The summed E-state index contributed by atoms with van der Waals surface area (Å²) in [6.45, 7) is 15.2. The molecule has 0 spiro atoms. The minimum absolute atomic E-state index is 0.196. The Morgan fingerprint density at radius 3 is 2.32 bits per heavy atom. The van der Waals surface area contributed by atoms with Gasteiger partial charge < -0.3 is 19.1 Å². The van der Waals surface area contributed by atoms with E-state index >= 15 is 0 Å². The van der Waals surface area contributed by atoms with Crippen molar-refractivity contribution in [3.63, 3.8) is 0 Å². The number of carbonyl (C=O) groups excluding carboxylic acids is 2. The first kappa shape index (κ1) is 28.9. The van der Waals surface area contributed by atoms with Crippen LogP contribution < -0.4 is 10.4 Å². The normalized spacial score (nSPS) is 18.0. The number of likely N-dealkylation sites (tertiary alicyclic amines) is 1. The molecule has 0 unspecified atom stereocenters. The molecule has 0 bridgehead atoms. The highest BCUT2D eigenvalue weighted by Gasteiger charge is 2.35. The summed E-state index contributed by atoms with van der Waals surface area (Å²) in [7, 11) is 0. The molecule has 10 nitrogen and oxygen atoms in total. The van der Waals surface area contributed by atoms with Crippen molar-refractivity contribution in [2.75, 3.05) is 50.7 Å². The zero-order valence-corrected chi connectivity index (χ0v) is 24.6. The largest absolute Gasteiger partial charge is 0.444 e. The zero-order chi connectivity index (χ0) is 29.2. The molecule has 220 valence electrons. The predicted molar refractivity (Wildman–Crippen MR) is 158 cm³/mol. The summed E-state index contributed by atoms with van der Waals surface area (Å²) >= 11 is 0. The van der Waals surface area contributed by atoms with E-state index in [1.54, 1.807) is 17.6 Å². The maximum absolute atomic E-state index is 12.5. The highest BCUT2D eigenvalue weighted by molar-refractivity contribution is 5.93. The van der Waals surface area contributed by atoms with E-state index in [-0.39, 0.29) is 11.5 Å². The first-order chi connectivity index (χ1) is 19.5. The van der Waals surface area contributed by atoms with Crippen LogP contribution in [0, 0.1) is 5.41 Å². The second-order valence-corrected chi connectivity index (χ2v) is 12.7. The minimum Gasteiger partial charge on any atom is -0.444 e. The molecule has 2 fully saturated rings. The molecule has 3 aromatic rings. The van der Waals surface area contributed by atoms with E-state index in [0.29, 0.717) is 12.1 Å². The number of aromatic nitrogens is 2. The maximum Gasteiger partial charge on any atom is 0.410 e. The van der Waals surface area contributed by atoms with Gasteiger partial charge in [-0.05, 0) is 68.9 Å². The van der Waals surface area contributed by atoms with E-state index in [1.807, 2.05) is 44.0 Å². The van der Waals surface area contributed by atoms with Gasteiger partial charge in [-0.15, -0.1) is 0 Å². The molecule has 4 heterocycles. The average molecular weight is 563 g/mol. The Bertz CT molecular complexity index is 1360. The van der Waals surface area contributed by atoms with Crippen LogP contribution in [0.1, 0.15) is 56.5 Å². The fourth-order valence-electron chi connectivity index (χ4n) is 5.90. The summed E-state index contributed by atoms with van der Waals surface area (Å²) in [5.41, 5.74) is 5.00. The van der Waals surface area contributed by atoms with Crippen molar-refractivity contribution in [1.82, 2.24) is 24.8 Å². The number of piperazine rings is 1. The molecule has 0 saturated carbocycles. The van der Waals surface area contributed by atoms with Crippen molar-refractivity contribution in [2.24, 2.45) is 5.41 Å².